The summed E-state index contributed by atoms with van der Waals surface area (Å²) >= 11 is 0. The van der Waals surface area contributed by atoms with Crippen LogP contribution in [0.4, 0.5) is 5.95 Å². The zero-order valence-electron chi connectivity index (χ0n) is 17.8. The third-order valence-corrected chi connectivity index (χ3v) is 5.96. The van der Waals surface area contributed by atoms with Gasteiger partial charge < -0.3 is 14.5 Å². The number of ether oxygens (including phenoxy) is 1. The Bertz CT molecular complexity index is 1100. The largest absolute Gasteiger partial charge is 0.481 e. The van der Waals surface area contributed by atoms with Gasteiger partial charge in [-0.2, -0.15) is 15.2 Å². The first-order chi connectivity index (χ1) is 15.0. The second-order valence-corrected chi connectivity index (χ2v) is 8.01. The number of hydrogen-bond donors (Lipinski definition) is 0. The molecule has 0 N–H and O–H groups in total. The number of rotatable bonds is 4. The highest BCUT2D eigenvalue weighted by atomic mass is 16.5. The van der Waals surface area contributed by atoms with Crippen LogP contribution < -0.4 is 9.64 Å². The van der Waals surface area contributed by atoms with Gasteiger partial charge in [-0.25, -0.2) is 9.97 Å². The van der Waals surface area contributed by atoms with Crippen molar-refractivity contribution in [2.75, 3.05) is 31.6 Å². The van der Waals surface area contributed by atoms with Gasteiger partial charge in [0.2, 0.25) is 11.8 Å². The van der Waals surface area contributed by atoms with Gasteiger partial charge in [-0.15, -0.1) is 4.80 Å². The molecule has 2 aliphatic rings. The lowest BCUT2D eigenvalue weighted by Gasteiger charge is -2.53. The average molecular weight is 420 g/mol. The number of hydrogen-bond acceptors (Lipinski definition) is 8. The molecular weight excluding hydrogens is 396 g/mol. The Balaban J connectivity index is 1.40. The summed E-state index contributed by atoms with van der Waals surface area (Å²) in [5, 5.41) is 8.30. The minimum Gasteiger partial charge on any atom is -0.481 e. The van der Waals surface area contributed by atoms with Crippen molar-refractivity contribution in [3.8, 4) is 11.7 Å². The topological polar surface area (TPSA) is 102 Å². The molecule has 10 nitrogen and oxygen atoms in total. The third-order valence-electron chi connectivity index (χ3n) is 5.96. The number of nitrogens with zero attached hydrogens (tertiary/aromatic N) is 8. The molecule has 5 heterocycles. The number of anilines is 1. The Hall–Kier alpha value is -3.56. The zero-order valence-corrected chi connectivity index (χ0v) is 17.8. The fourth-order valence-corrected chi connectivity index (χ4v) is 4.41. The summed E-state index contributed by atoms with van der Waals surface area (Å²) in [6, 6.07) is 5.60. The van der Waals surface area contributed by atoms with E-state index in [4.69, 9.17) is 4.74 Å². The maximum absolute atomic E-state index is 13.5. The molecule has 10 heteroatoms. The molecule has 0 unspecified atom stereocenters. The lowest BCUT2D eigenvalue weighted by molar-refractivity contribution is 0.0588. The van der Waals surface area contributed by atoms with E-state index < -0.39 is 0 Å². The normalized spacial score (nSPS) is 20.2. The zero-order chi connectivity index (χ0) is 21.5. The second-order valence-electron chi connectivity index (χ2n) is 8.01. The van der Waals surface area contributed by atoms with Crippen molar-refractivity contribution in [2.24, 2.45) is 5.92 Å². The Labute approximate surface area is 179 Å². The van der Waals surface area contributed by atoms with Gasteiger partial charge >= 0.3 is 0 Å². The number of aromatic nitrogens is 6. The molecule has 0 aromatic carbocycles. The number of carbonyl (C=O) groups excluding carboxylic acids is 1. The number of methoxy groups -OCH3 is 1. The summed E-state index contributed by atoms with van der Waals surface area (Å²) in [4.78, 5) is 32.6. The molecule has 31 heavy (non-hydrogen) atoms. The van der Waals surface area contributed by atoms with Gasteiger partial charge in [-0.05, 0) is 32.4 Å². The number of amides is 1. The summed E-state index contributed by atoms with van der Waals surface area (Å²) in [6.45, 7) is 6.22. The van der Waals surface area contributed by atoms with Crippen LogP contribution in [-0.2, 0) is 0 Å². The van der Waals surface area contributed by atoms with Gasteiger partial charge in [0.05, 0.1) is 31.1 Å². The molecule has 0 radical (unpaired) electrons. The van der Waals surface area contributed by atoms with Crippen LogP contribution in [-0.4, -0.2) is 73.5 Å². The summed E-state index contributed by atoms with van der Waals surface area (Å²) in [7, 11) is 1.54. The van der Waals surface area contributed by atoms with Crippen molar-refractivity contribution in [3.05, 3.63) is 47.5 Å². The highest BCUT2D eigenvalue weighted by Crippen LogP contribution is 2.35. The van der Waals surface area contributed by atoms with E-state index in [-0.39, 0.29) is 11.9 Å². The third kappa shape index (κ3) is 3.47. The fraction of sp³-hybridized carbons (Fsp3) is 0.429. The van der Waals surface area contributed by atoms with Crippen LogP contribution in [0.3, 0.4) is 0 Å². The van der Waals surface area contributed by atoms with E-state index in [1.54, 1.807) is 24.5 Å². The predicted octanol–water partition coefficient (Wildman–Crippen LogP) is 1.43. The number of carbonyl (C=O) groups is 1. The summed E-state index contributed by atoms with van der Waals surface area (Å²) in [5.74, 6) is 1.98. The van der Waals surface area contributed by atoms with E-state index in [1.165, 1.54) is 11.9 Å². The first-order valence-electron chi connectivity index (χ1n) is 10.3. The molecule has 1 amide bonds. The van der Waals surface area contributed by atoms with E-state index in [0.29, 0.717) is 36.3 Å². The Morgan fingerprint density at radius 1 is 1.06 bits per heavy atom. The lowest BCUT2D eigenvalue weighted by atomic mass is 9.82. The van der Waals surface area contributed by atoms with Gasteiger partial charge in [0, 0.05) is 43.0 Å². The molecule has 0 spiro atoms. The van der Waals surface area contributed by atoms with Crippen LogP contribution in [0.1, 0.15) is 28.2 Å². The molecule has 0 saturated carbocycles. The minimum atomic E-state index is -0.0888. The average Bonchev–Trinajstić information content (AvgIpc) is 3.28. The highest BCUT2D eigenvalue weighted by Gasteiger charge is 2.45. The van der Waals surface area contributed by atoms with Crippen molar-refractivity contribution in [2.45, 2.75) is 26.3 Å². The van der Waals surface area contributed by atoms with E-state index in [9.17, 15) is 4.79 Å². The summed E-state index contributed by atoms with van der Waals surface area (Å²) < 4.78 is 5.23. The SMILES string of the molecule is COc1ccc(C(=O)N2CC[C@H]3CN(c4nc(C)cc(C)n4)[C@H]3C2)c(-n2nccn2)n1. The maximum Gasteiger partial charge on any atom is 0.257 e. The molecule has 5 rings (SSSR count). The number of fused-ring (bicyclic) bond motifs is 1. The smallest absolute Gasteiger partial charge is 0.257 e. The van der Waals surface area contributed by atoms with Gasteiger partial charge in [0.25, 0.3) is 5.91 Å². The van der Waals surface area contributed by atoms with E-state index in [2.05, 4.69) is 30.0 Å². The molecule has 2 saturated heterocycles. The lowest BCUT2D eigenvalue weighted by Crippen LogP contribution is -2.65. The van der Waals surface area contributed by atoms with Crippen LogP contribution in [0.15, 0.2) is 30.6 Å². The Morgan fingerprint density at radius 3 is 2.52 bits per heavy atom. The van der Waals surface area contributed by atoms with Gasteiger partial charge in [-0.3, -0.25) is 4.79 Å². The van der Waals surface area contributed by atoms with Crippen LogP contribution >= 0.6 is 0 Å². The number of piperidine rings is 1. The molecule has 2 aliphatic heterocycles. The maximum atomic E-state index is 13.5. The second kappa shape index (κ2) is 7.60. The molecule has 2 atom stereocenters. The monoisotopic (exact) mass is 420 g/mol. The van der Waals surface area contributed by atoms with Crippen molar-refractivity contribution >= 4 is 11.9 Å². The number of pyridine rings is 1. The van der Waals surface area contributed by atoms with Gasteiger partial charge in [0.1, 0.15) is 0 Å². The van der Waals surface area contributed by atoms with Crippen molar-refractivity contribution in [3.63, 3.8) is 0 Å². The summed E-state index contributed by atoms with van der Waals surface area (Å²) in [6.07, 6.45) is 4.06. The van der Waals surface area contributed by atoms with Crippen LogP contribution in [0, 0.1) is 19.8 Å². The molecule has 0 aliphatic carbocycles. The number of likely N-dealkylation sites (tertiary alicyclic amines) is 1. The van der Waals surface area contributed by atoms with Crippen LogP contribution in [0.2, 0.25) is 0 Å². The Morgan fingerprint density at radius 2 is 1.81 bits per heavy atom. The van der Waals surface area contributed by atoms with Gasteiger partial charge in [0.15, 0.2) is 5.82 Å². The standard InChI is InChI=1S/C21H24N8O2/c1-13-10-14(2)25-21(24-13)28-11-15-6-9-27(12-17(15)28)20(30)16-4-5-18(31-3)26-19(16)29-22-7-8-23-29/h4-5,7-8,10,15,17H,6,9,11-12H2,1-3H3/t15-,17-/m0/s1. The minimum absolute atomic E-state index is 0.0888. The molecular formula is C21H24N8O2. The van der Waals surface area contributed by atoms with E-state index in [1.807, 2.05) is 24.8 Å². The molecule has 160 valence electrons. The van der Waals surface area contributed by atoms with E-state index in [0.717, 1.165) is 30.3 Å². The van der Waals surface area contributed by atoms with Crippen molar-refractivity contribution in [1.82, 2.24) is 34.8 Å². The van der Waals surface area contributed by atoms with Crippen LogP contribution in [0.25, 0.3) is 5.82 Å². The summed E-state index contributed by atoms with van der Waals surface area (Å²) in [5.41, 5.74) is 2.36. The fourth-order valence-electron chi connectivity index (χ4n) is 4.41. The Kier molecular flexibility index (Phi) is 4.76. The first-order valence-corrected chi connectivity index (χ1v) is 10.3. The van der Waals surface area contributed by atoms with Gasteiger partial charge in [-0.1, -0.05) is 0 Å². The quantitative estimate of drug-likeness (QED) is 0.625. The molecule has 2 fully saturated rings. The van der Waals surface area contributed by atoms with E-state index >= 15 is 0 Å². The molecule has 3 aromatic heterocycles. The predicted molar refractivity (Wildman–Crippen MR) is 112 cm³/mol. The van der Waals surface area contributed by atoms with Crippen molar-refractivity contribution < 1.29 is 9.53 Å². The van der Waals surface area contributed by atoms with Crippen molar-refractivity contribution in [1.29, 1.82) is 0 Å². The first kappa shape index (κ1) is 19.4. The van der Waals surface area contributed by atoms with Crippen LogP contribution in [0.5, 0.6) is 5.88 Å². The highest BCUT2D eigenvalue weighted by molar-refractivity contribution is 5.97. The molecule has 0 bridgehead atoms. The number of aryl methyl sites for hydroxylation is 2. The molecule has 3 aromatic rings.